The van der Waals surface area contributed by atoms with Gasteiger partial charge >= 0.3 is 0 Å². The van der Waals surface area contributed by atoms with Crippen molar-refractivity contribution in [3.63, 3.8) is 0 Å². The van der Waals surface area contributed by atoms with Crippen LogP contribution in [0.2, 0.25) is 0 Å². The van der Waals surface area contributed by atoms with Crippen LogP contribution in [0.4, 0.5) is 11.4 Å². The van der Waals surface area contributed by atoms with E-state index in [1.165, 1.54) is 0 Å². The molecule has 2 saturated heterocycles. The number of hydrogen-bond donors (Lipinski definition) is 0. The lowest BCUT2D eigenvalue weighted by Crippen LogP contribution is -2.36. The fourth-order valence-electron chi connectivity index (χ4n) is 7.45. The largest absolute Gasteiger partial charge is 0.494 e. The van der Waals surface area contributed by atoms with Crippen molar-refractivity contribution in [2.24, 2.45) is 4.99 Å². The minimum atomic E-state index is -0.115. The van der Waals surface area contributed by atoms with Crippen molar-refractivity contribution in [2.45, 2.75) is 44.6 Å². The SMILES string of the molecule is COc1cc2c(cc1OCCCCCCOc1ccc(-n3c(-c4ccccc4)nc4ccc(N5CCOCC5)cc4c3=O)cc1)N=C[C@@H]1CCCN1C2=O. The maximum Gasteiger partial charge on any atom is 0.266 e. The van der Waals surface area contributed by atoms with Gasteiger partial charge in [-0.3, -0.25) is 19.1 Å². The first kappa shape index (κ1) is 35.4. The van der Waals surface area contributed by atoms with Gasteiger partial charge in [-0.1, -0.05) is 30.3 Å². The Morgan fingerprint density at radius 3 is 2.33 bits per heavy atom. The van der Waals surface area contributed by atoms with Crippen LogP contribution in [0.15, 0.2) is 94.7 Å². The van der Waals surface area contributed by atoms with Crippen molar-refractivity contribution in [1.82, 2.24) is 14.5 Å². The van der Waals surface area contributed by atoms with Crippen molar-refractivity contribution in [1.29, 1.82) is 0 Å². The van der Waals surface area contributed by atoms with E-state index in [9.17, 15) is 9.59 Å². The van der Waals surface area contributed by atoms with Crippen LogP contribution < -0.4 is 24.7 Å². The summed E-state index contributed by atoms with van der Waals surface area (Å²) in [6, 6.07) is 27.0. The van der Waals surface area contributed by atoms with E-state index < -0.39 is 0 Å². The summed E-state index contributed by atoms with van der Waals surface area (Å²) in [5.74, 6) is 2.49. The lowest BCUT2D eigenvalue weighted by atomic mass is 10.1. The van der Waals surface area contributed by atoms with Gasteiger partial charge in [0.25, 0.3) is 11.5 Å². The van der Waals surface area contributed by atoms with E-state index in [1.807, 2.05) is 90.0 Å². The van der Waals surface area contributed by atoms with Crippen LogP contribution in [0.25, 0.3) is 28.0 Å². The number of hydrogen-bond acceptors (Lipinski definition) is 9. The fourth-order valence-corrected chi connectivity index (χ4v) is 7.45. The first-order chi connectivity index (χ1) is 26.6. The number of aromatic nitrogens is 2. The summed E-state index contributed by atoms with van der Waals surface area (Å²) in [6.07, 6.45) is 7.57. The molecule has 278 valence electrons. The summed E-state index contributed by atoms with van der Waals surface area (Å²) in [7, 11) is 1.59. The Hall–Kier alpha value is -5.68. The number of methoxy groups -OCH3 is 1. The number of rotatable bonds is 13. The molecule has 4 aromatic carbocycles. The summed E-state index contributed by atoms with van der Waals surface area (Å²) < 4.78 is 25.0. The van der Waals surface area contributed by atoms with E-state index in [2.05, 4.69) is 9.89 Å². The smallest absolute Gasteiger partial charge is 0.266 e. The van der Waals surface area contributed by atoms with Crippen LogP contribution >= 0.6 is 0 Å². The molecule has 3 aliphatic heterocycles. The van der Waals surface area contributed by atoms with Gasteiger partial charge in [-0.25, -0.2) is 4.98 Å². The highest BCUT2D eigenvalue weighted by Crippen LogP contribution is 2.38. The molecule has 54 heavy (non-hydrogen) atoms. The molecule has 11 nitrogen and oxygen atoms in total. The van der Waals surface area contributed by atoms with E-state index in [0.29, 0.717) is 65.9 Å². The number of benzene rings is 4. The molecule has 0 unspecified atom stereocenters. The number of unbranched alkanes of at least 4 members (excludes halogenated alkanes) is 3. The van der Waals surface area contributed by atoms with E-state index >= 15 is 0 Å². The quantitative estimate of drug-likeness (QED) is 0.117. The highest BCUT2D eigenvalue weighted by molar-refractivity contribution is 6.03. The molecule has 0 radical (unpaired) electrons. The second kappa shape index (κ2) is 16.1. The summed E-state index contributed by atoms with van der Waals surface area (Å²) in [4.78, 5) is 41.1. The number of carbonyl (C=O) groups excluding carboxylic acids is 1. The maximum atomic E-state index is 14.2. The minimum Gasteiger partial charge on any atom is -0.494 e. The predicted molar refractivity (Wildman–Crippen MR) is 210 cm³/mol. The zero-order valence-electron chi connectivity index (χ0n) is 30.6. The Kier molecular flexibility index (Phi) is 10.6. The van der Waals surface area contributed by atoms with Crippen LogP contribution in [0.5, 0.6) is 17.2 Å². The first-order valence-corrected chi connectivity index (χ1v) is 19.0. The number of fused-ring (bicyclic) bond motifs is 3. The van der Waals surface area contributed by atoms with Gasteiger partial charge in [-0.05, 0) is 87.1 Å². The van der Waals surface area contributed by atoms with Crippen LogP contribution in [0, 0.1) is 0 Å². The van der Waals surface area contributed by atoms with Gasteiger partial charge in [0.1, 0.15) is 11.6 Å². The molecular weight excluding hydrogens is 683 g/mol. The Labute approximate surface area is 314 Å². The fraction of sp³-hybridized carbons (Fsp3) is 0.349. The number of aliphatic imine (C=N–C) groups is 1. The predicted octanol–water partition coefficient (Wildman–Crippen LogP) is 7.24. The van der Waals surface area contributed by atoms with E-state index in [0.717, 1.165) is 80.8 Å². The molecule has 0 bridgehead atoms. The number of morpholine rings is 1. The highest BCUT2D eigenvalue weighted by atomic mass is 16.5. The summed E-state index contributed by atoms with van der Waals surface area (Å²) in [5.41, 5.74) is 4.33. The van der Waals surface area contributed by atoms with Gasteiger partial charge in [0.15, 0.2) is 11.5 Å². The number of amides is 1. The van der Waals surface area contributed by atoms with Crippen LogP contribution in [0.1, 0.15) is 48.9 Å². The Morgan fingerprint density at radius 2 is 1.56 bits per heavy atom. The topological polar surface area (TPSA) is 108 Å². The third kappa shape index (κ3) is 7.41. The molecule has 5 aromatic rings. The molecule has 1 aromatic heterocycles. The molecule has 4 heterocycles. The number of ether oxygens (including phenoxy) is 4. The molecule has 0 saturated carbocycles. The number of nitrogens with zero attached hydrogens (tertiary/aromatic N) is 5. The average Bonchev–Trinajstić information content (AvgIpc) is 3.66. The van der Waals surface area contributed by atoms with Crippen molar-refractivity contribution >= 4 is 34.4 Å². The molecule has 0 aliphatic carbocycles. The van der Waals surface area contributed by atoms with Crippen molar-refractivity contribution < 1.29 is 23.7 Å². The normalized spacial score (nSPS) is 16.6. The second-order valence-electron chi connectivity index (χ2n) is 13.9. The number of carbonyl (C=O) groups is 1. The molecular formula is C43H45N5O6. The third-order valence-electron chi connectivity index (χ3n) is 10.4. The summed E-state index contributed by atoms with van der Waals surface area (Å²) in [6.45, 7) is 4.79. The number of anilines is 1. The molecule has 1 amide bonds. The van der Waals surface area contributed by atoms with Crippen molar-refractivity contribution in [2.75, 3.05) is 58.1 Å². The summed E-state index contributed by atoms with van der Waals surface area (Å²) >= 11 is 0. The van der Waals surface area contributed by atoms with Crippen LogP contribution in [0.3, 0.4) is 0 Å². The van der Waals surface area contributed by atoms with Crippen LogP contribution in [-0.4, -0.2) is 85.8 Å². The maximum absolute atomic E-state index is 14.2. The minimum absolute atomic E-state index is 0.00116. The van der Waals surface area contributed by atoms with E-state index in [1.54, 1.807) is 17.7 Å². The monoisotopic (exact) mass is 727 g/mol. The van der Waals surface area contributed by atoms with Crippen molar-refractivity contribution in [3.8, 4) is 34.3 Å². The molecule has 2 fully saturated rings. The average molecular weight is 728 g/mol. The molecule has 3 aliphatic rings. The van der Waals surface area contributed by atoms with Gasteiger partial charge in [0, 0.05) is 43.2 Å². The standard InChI is InChI=1S/C43H45N5O6/c1-51-39-27-36-38(44-29-33-12-9-19-47(33)42(36)49)28-40(39)54-23-8-3-2-7-22-53-34-16-13-31(14-17-34)48-41(30-10-5-4-6-11-30)45-37-18-15-32(26-35(37)43(48)50)46-20-24-52-25-21-46/h4-6,10-11,13-18,26-29,33H,2-3,7-9,12,19-25H2,1H3/t33-/m0/s1. The molecule has 0 spiro atoms. The highest BCUT2D eigenvalue weighted by Gasteiger charge is 2.32. The van der Waals surface area contributed by atoms with Gasteiger partial charge in [0.2, 0.25) is 0 Å². The zero-order valence-corrected chi connectivity index (χ0v) is 30.6. The lowest BCUT2D eigenvalue weighted by Gasteiger charge is -2.29. The van der Waals surface area contributed by atoms with Crippen molar-refractivity contribution in [3.05, 3.63) is 101 Å². The van der Waals surface area contributed by atoms with Gasteiger partial charge in [-0.15, -0.1) is 0 Å². The third-order valence-corrected chi connectivity index (χ3v) is 10.4. The van der Waals surface area contributed by atoms with E-state index in [-0.39, 0.29) is 17.5 Å². The molecule has 1 atom stereocenters. The van der Waals surface area contributed by atoms with Crippen LogP contribution in [-0.2, 0) is 4.74 Å². The second-order valence-corrected chi connectivity index (χ2v) is 13.9. The van der Waals surface area contributed by atoms with Gasteiger partial charge in [0.05, 0.1) is 67.4 Å². The molecule has 8 rings (SSSR count). The zero-order chi connectivity index (χ0) is 36.9. The molecule has 0 N–H and O–H groups in total. The Balaban J connectivity index is 0.868. The summed E-state index contributed by atoms with van der Waals surface area (Å²) in [5, 5.41) is 0.576. The Morgan fingerprint density at radius 1 is 0.796 bits per heavy atom. The Bertz CT molecular complexity index is 2200. The molecule has 11 heteroatoms. The lowest BCUT2D eigenvalue weighted by molar-refractivity contribution is 0.0774. The van der Waals surface area contributed by atoms with Gasteiger partial charge < -0.3 is 28.7 Å². The van der Waals surface area contributed by atoms with Gasteiger partial charge in [-0.2, -0.15) is 0 Å². The first-order valence-electron chi connectivity index (χ1n) is 19.0. The van der Waals surface area contributed by atoms with E-state index in [4.69, 9.17) is 23.9 Å².